The van der Waals surface area contributed by atoms with Crippen molar-refractivity contribution >= 4 is 10.8 Å². The van der Waals surface area contributed by atoms with Gasteiger partial charge < -0.3 is 0 Å². The van der Waals surface area contributed by atoms with Gasteiger partial charge >= 0.3 is 0 Å². The Bertz CT molecular complexity index is 949. The molecule has 0 saturated heterocycles. The van der Waals surface area contributed by atoms with Gasteiger partial charge in [-0.15, -0.1) is 0 Å². The topological polar surface area (TPSA) is 0 Å². The van der Waals surface area contributed by atoms with Crippen LogP contribution in [0.25, 0.3) is 10.8 Å². The van der Waals surface area contributed by atoms with E-state index in [1.807, 2.05) is 0 Å². The fourth-order valence-corrected chi connectivity index (χ4v) is 3.63. The summed E-state index contributed by atoms with van der Waals surface area (Å²) < 4.78 is 0. The van der Waals surface area contributed by atoms with E-state index in [0.717, 1.165) is 19.3 Å². The SMILES string of the molecule is c1ccc(CC[C](Cc2ccccc2)c2cccc3ccccc23)cc1. The normalized spacial score (nSPS) is 11.1. The fraction of sp³-hybridized carbons (Fsp3) is 0.115. The highest BCUT2D eigenvalue weighted by Crippen LogP contribution is 2.31. The third kappa shape index (κ3) is 3.86. The first-order valence-electron chi connectivity index (χ1n) is 9.31. The van der Waals surface area contributed by atoms with Crippen LogP contribution >= 0.6 is 0 Å². The second-order valence-corrected chi connectivity index (χ2v) is 6.78. The van der Waals surface area contributed by atoms with Crippen molar-refractivity contribution < 1.29 is 0 Å². The minimum atomic E-state index is 1.00. The van der Waals surface area contributed by atoms with Crippen LogP contribution in [0.1, 0.15) is 23.1 Å². The Labute approximate surface area is 156 Å². The molecule has 0 nitrogen and oxygen atoms in total. The maximum absolute atomic E-state index is 2.28. The Morgan fingerprint density at radius 2 is 1.15 bits per heavy atom. The van der Waals surface area contributed by atoms with Gasteiger partial charge in [0, 0.05) is 5.92 Å². The summed E-state index contributed by atoms with van der Waals surface area (Å²) >= 11 is 0. The van der Waals surface area contributed by atoms with Crippen molar-refractivity contribution in [2.45, 2.75) is 19.3 Å². The molecular formula is C26H23. The standard InChI is InChI=1S/C26H23/c1-3-10-21(11-4-1)18-19-24(20-22-12-5-2-6-13-22)26-17-9-15-23-14-7-8-16-25(23)26/h1-17H,18-20H2. The highest BCUT2D eigenvalue weighted by molar-refractivity contribution is 5.87. The second-order valence-electron chi connectivity index (χ2n) is 6.78. The van der Waals surface area contributed by atoms with Crippen molar-refractivity contribution in [1.82, 2.24) is 0 Å². The summed E-state index contributed by atoms with van der Waals surface area (Å²) in [6.07, 6.45) is 3.15. The van der Waals surface area contributed by atoms with E-state index in [2.05, 4.69) is 103 Å². The average molecular weight is 335 g/mol. The minimum absolute atomic E-state index is 1.00. The molecule has 0 spiro atoms. The molecule has 0 heteroatoms. The summed E-state index contributed by atoms with van der Waals surface area (Å²) in [5.41, 5.74) is 4.17. The first-order valence-corrected chi connectivity index (χ1v) is 9.31. The zero-order valence-electron chi connectivity index (χ0n) is 14.9. The smallest absolute Gasteiger partial charge is 0.0103 e. The third-order valence-electron chi connectivity index (χ3n) is 4.99. The second kappa shape index (κ2) is 8.01. The molecule has 127 valence electrons. The molecule has 4 aromatic carbocycles. The van der Waals surface area contributed by atoms with E-state index in [1.54, 1.807) is 0 Å². The van der Waals surface area contributed by atoms with Crippen molar-refractivity contribution in [2.75, 3.05) is 0 Å². The molecule has 0 fully saturated rings. The van der Waals surface area contributed by atoms with Gasteiger partial charge in [-0.2, -0.15) is 0 Å². The van der Waals surface area contributed by atoms with E-state index in [0.29, 0.717) is 0 Å². The van der Waals surface area contributed by atoms with Crippen LogP contribution in [-0.4, -0.2) is 0 Å². The fourth-order valence-electron chi connectivity index (χ4n) is 3.63. The van der Waals surface area contributed by atoms with Crippen LogP contribution < -0.4 is 0 Å². The van der Waals surface area contributed by atoms with E-state index in [4.69, 9.17) is 0 Å². The van der Waals surface area contributed by atoms with Crippen molar-refractivity contribution in [2.24, 2.45) is 0 Å². The number of benzene rings is 4. The lowest BCUT2D eigenvalue weighted by atomic mass is 9.84. The maximum Gasteiger partial charge on any atom is 0.0103 e. The van der Waals surface area contributed by atoms with Gasteiger partial charge in [-0.3, -0.25) is 0 Å². The Morgan fingerprint density at radius 3 is 1.92 bits per heavy atom. The van der Waals surface area contributed by atoms with E-state index < -0.39 is 0 Å². The highest BCUT2D eigenvalue weighted by atomic mass is 14.2. The van der Waals surface area contributed by atoms with Crippen LogP contribution in [0.4, 0.5) is 0 Å². The molecular weight excluding hydrogens is 312 g/mol. The summed E-state index contributed by atoms with van der Waals surface area (Å²) in [6, 6.07) is 37.0. The summed E-state index contributed by atoms with van der Waals surface area (Å²) in [7, 11) is 0. The van der Waals surface area contributed by atoms with Crippen LogP contribution in [0.3, 0.4) is 0 Å². The number of rotatable bonds is 6. The van der Waals surface area contributed by atoms with Gasteiger partial charge in [-0.25, -0.2) is 0 Å². The van der Waals surface area contributed by atoms with Crippen molar-refractivity contribution in [1.29, 1.82) is 0 Å². The quantitative estimate of drug-likeness (QED) is 0.370. The van der Waals surface area contributed by atoms with Crippen LogP contribution in [0.15, 0.2) is 103 Å². The first-order chi connectivity index (χ1) is 12.9. The van der Waals surface area contributed by atoms with Crippen molar-refractivity contribution in [3.8, 4) is 0 Å². The lowest BCUT2D eigenvalue weighted by molar-refractivity contribution is 0.806. The molecule has 0 bridgehead atoms. The minimum Gasteiger partial charge on any atom is -0.0622 e. The van der Waals surface area contributed by atoms with E-state index in [-0.39, 0.29) is 0 Å². The molecule has 0 heterocycles. The summed E-state index contributed by atoms with van der Waals surface area (Å²) in [4.78, 5) is 0. The molecule has 0 saturated carbocycles. The summed E-state index contributed by atoms with van der Waals surface area (Å²) in [5, 5.41) is 2.67. The molecule has 4 aromatic rings. The van der Waals surface area contributed by atoms with Gasteiger partial charge in [-0.05, 0) is 46.7 Å². The molecule has 0 N–H and O–H groups in total. The zero-order chi connectivity index (χ0) is 17.6. The molecule has 1 radical (unpaired) electrons. The number of hydrogen-bond acceptors (Lipinski definition) is 0. The van der Waals surface area contributed by atoms with Crippen LogP contribution in [0.2, 0.25) is 0 Å². The number of aryl methyl sites for hydroxylation is 1. The number of fused-ring (bicyclic) bond motifs is 1. The number of hydrogen-bond donors (Lipinski definition) is 0. The van der Waals surface area contributed by atoms with Crippen molar-refractivity contribution in [3.63, 3.8) is 0 Å². The Kier molecular flexibility index (Phi) is 5.12. The lowest BCUT2D eigenvalue weighted by Gasteiger charge is -2.19. The van der Waals surface area contributed by atoms with Crippen molar-refractivity contribution in [3.05, 3.63) is 126 Å². The predicted octanol–water partition coefficient (Wildman–Crippen LogP) is 6.64. The highest BCUT2D eigenvalue weighted by Gasteiger charge is 2.16. The summed E-state index contributed by atoms with van der Waals surface area (Å²) in [5.74, 6) is 1.51. The Balaban J connectivity index is 1.67. The van der Waals surface area contributed by atoms with Gasteiger partial charge in [0.15, 0.2) is 0 Å². The lowest BCUT2D eigenvalue weighted by Crippen LogP contribution is -2.07. The maximum atomic E-state index is 2.28. The molecule has 0 atom stereocenters. The van der Waals surface area contributed by atoms with E-state index in [9.17, 15) is 0 Å². The zero-order valence-corrected chi connectivity index (χ0v) is 14.9. The van der Waals surface area contributed by atoms with Gasteiger partial charge in [0.05, 0.1) is 0 Å². The molecule has 26 heavy (non-hydrogen) atoms. The van der Waals surface area contributed by atoms with E-state index >= 15 is 0 Å². The molecule has 0 aromatic heterocycles. The Morgan fingerprint density at radius 1 is 0.538 bits per heavy atom. The van der Waals surface area contributed by atoms with E-state index in [1.165, 1.54) is 33.4 Å². The monoisotopic (exact) mass is 335 g/mol. The first kappa shape index (κ1) is 16.6. The molecule has 0 aliphatic heterocycles. The molecule has 0 amide bonds. The molecule has 0 unspecified atom stereocenters. The van der Waals surface area contributed by atoms with Crippen LogP contribution in [0, 0.1) is 5.92 Å². The van der Waals surface area contributed by atoms with Crippen LogP contribution in [0.5, 0.6) is 0 Å². The predicted molar refractivity (Wildman–Crippen MR) is 111 cm³/mol. The largest absolute Gasteiger partial charge is 0.0622 e. The average Bonchev–Trinajstić information content (AvgIpc) is 2.72. The third-order valence-corrected chi connectivity index (χ3v) is 4.99. The Hall–Kier alpha value is -2.86. The molecule has 0 aliphatic rings. The van der Waals surface area contributed by atoms with Gasteiger partial charge in [0.25, 0.3) is 0 Å². The summed E-state index contributed by atoms with van der Waals surface area (Å²) in [6.45, 7) is 0. The van der Waals surface area contributed by atoms with Gasteiger partial charge in [0.1, 0.15) is 0 Å². The molecule has 4 rings (SSSR count). The molecule has 0 aliphatic carbocycles. The van der Waals surface area contributed by atoms with Gasteiger partial charge in [0.2, 0.25) is 0 Å². The van der Waals surface area contributed by atoms with Gasteiger partial charge in [-0.1, -0.05) is 103 Å². The van der Waals surface area contributed by atoms with Crippen LogP contribution in [-0.2, 0) is 12.8 Å².